The molecule has 1 heterocycles. The summed E-state index contributed by atoms with van der Waals surface area (Å²) >= 11 is 0. The van der Waals surface area contributed by atoms with Crippen molar-refractivity contribution < 1.29 is 4.84 Å². The van der Waals surface area contributed by atoms with Crippen molar-refractivity contribution in [1.29, 1.82) is 0 Å². The van der Waals surface area contributed by atoms with Crippen molar-refractivity contribution in [2.75, 3.05) is 6.61 Å². The van der Waals surface area contributed by atoms with E-state index in [0.29, 0.717) is 0 Å². The predicted molar refractivity (Wildman–Crippen MR) is 58.3 cm³/mol. The molecule has 0 fully saturated rings. The zero-order valence-electron chi connectivity index (χ0n) is 8.07. The molecule has 0 atom stereocenters. The van der Waals surface area contributed by atoms with Crippen LogP contribution in [0.15, 0.2) is 36.0 Å². The second-order valence-electron chi connectivity index (χ2n) is 3.27. The molecule has 1 aliphatic rings. The van der Waals surface area contributed by atoms with Crippen molar-refractivity contribution in [3.8, 4) is 0 Å². The summed E-state index contributed by atoms with van der Waals surface area (Å²) in [6.45, 7) is 4.53. The van der Waals surface area contributed by atoms with Crippen molar-refractivity contribution in [2.45, 2.75) is 12.8 Å². The van der Waals surface area contributed by atoms with Gasteiger partial charge >= 0.3 is 0 Å². The van der Waals surface area contributed by atoms with Gasteiger partial charge in [-0.15, -0.1) is 0 Å². The minimum absolute atomic E-state index is 0.736. The molecule has 0 N–H and O–H groups in total. The minimum atomic E-state index is 0.736. The van der Waals surface area contributed by atoms with Gasteiger partial charge in [-0.05, 0) is 18.4 Å². The van der Waals surface area contributed by atoms with E-state index in [1.165, 1.54) is 0 Å². The molecule has 2 heteroatoms. The van der Waals surface area contributed by atoms with Crippen molar-refractivity contribution in [2.24, 2.45) is 5.16 Å². The normalized spacial score (nSPS) is 15.6. The smallest absolute Gasteiger partial charge is 0.117 e. The first-order valence-electron chi connectivity index (χ1n) is 4.82. The van der Waals surface area contributed by atoms with Crippen LogP contribution in [0.5, 0.6) is 0 Å². The number of nitrogens with zero attached hydrogens (tertiary/aromatic N) is 1. The molecule has 0 radical (unpaired) electrons. The van der Waals surface area contributed by atoms with Crippen LogP contribution in [0.3, 0.4) is 0 Å². The summed E-state index contributed by atoms with van der Waals surface area (Å²) in [5, 5.41) is 4.08. The third kappa shape index (κ3) is 1.69. The van der Waals surface area contributed by atoms with Gasteiger partial charge in [-0.3, -0.25) is 0 Å². The molecule has 1 aromatic rings. The average molecular weight is 187 g/mol. The maximum atomic E-state index is 5.09. The van der Waals surface area contributed by atoms with Gasteiger partial charge < -0.3 is 4.84 Å². The lowest BCUT2D eigenvalue weighted by atomic mass is 10.00. The van der Waals surface area contributed by atoms with E-state index < -0.39 is 0 Å². The van der Waals surface area contributed by atoms with E-state index in [0.717, 1.165) is 36.3 Å². The molecule has 1 aliphatic heterocycles. The highest BCUT2D eigenvalue weighted by molar-refractivity contribution is 6.03. The van der Waals surface area contributed by atoms with Gasteiger partial charge in [-0.2, -0.15) is 0 Å². The summed E-state index contributed by atoms with van der Waals surface area (Å²) < 4.78 is 0. The first-order valence-corrected chi connectivity index (χ1v) is 4.82. The minimum Gasteiger partial charge on any atom is -0.396 e. The number of rotatable bonds is 2. The summed E-state index contributed by atoms with van der Waals surface area (Å²) in [5.74, 6) is 0. The molecule has 0 aliphatic carbocycles. The summed E-state index contributed by atoms with van der Waals surface area (Å²) in [6, 6.07) is 8.12. The van der Waals surface area contributed by atoms with Crippen LogP contribution in [0.2, 0.25) is 0 Å². The fourth-order valence-corrected chi connectivity index (χ4v) is 1.60. The molecule has 72 valence electrons. The highest BCUT2D eigenvalue weighted by Gasteiger charge is 2.11. The van der Waals surface area contributed by atoms with E-state index in [1.807, 2.05) is 24.3 Å². The van der Waals surface area contributed by atoms with E-state index in [9.17, 15) is 0 Å². The molecule has 0 amide bonds. The first kappa shape index (κ1) is 9.00. The largest absolute Gasteiger partial charge is 0.396 e. The molecule has 0 spiro atoms. The maximum absolute atomic E-state index is 5.09. The quantitative estimate of drug-likeness (QED) is 0.697. The van der Waals surface area contributed by atoms with Gasteiger partial charge in [-0.25, -0.2) is 0 Å². The Bertz CT molecular complexity index is 368. The van der Waals surface area contributed by atoms with E-state index in [4.69, 9.17) is 4.84 Å². The van der Waals surface area contributed by atoms with Gasteiger partial charge in [0.2, 0.25) is 0 Å². The van der Waals surface area contributed by atoms with Gasteiger partial charge in [0.15, 0.2) is 0 Å². The Morgan fingerprint density at radius 1 is 1.36 bits per heavy atom. The van der Waals surface area contributed by atoms with Gasteiger partial charge in [0, 0.05) is 5.56 Å². The standard InChI is InChI=1S/C12H13NO/c1-2-10-6-3-4-7-11(10)12-8-5-9-14-13-12/h2-4,6-7H,1,5,8-9H2. The number of hydrogen-bond acceptors (Lipinski definition) is 2. The number of oxime groups is 1. The molecule has 0 aromatic heterocycles. The summed E-state index contributed by atoms with van der Waals surface area (Å²) in [5.41, 5.74) is 3.30. The lowest BCUT2D eigenvalue weighted by molar-refractivity contribution is 0.132. The Morgan fingerprint density at radius 2 is 2.21 bits per heavy atom. The van der Waals surface area contributed by atoms with Gasteiger partial charge in [-0.1, -0.05) is 42.1 Å². The van der Waals surface area contributed by atoms with Crippen LogP contribution in [0.1, 0.15) is 24.0 Å². The molecule has 2 rings (SSSR count). The molecule has 0 saturated heterocycles. The van der Waals surface area contributed by atoms with Gasteiger partial charge in [0.05, 0.1) is 5.71 Å². The lowest BCUT2D eigenvalue weighted by Crippen LogP contribution is -2.10. The molecule has 0 bridgehead atoms. The Morgan fingerprint density at radius 3 is 2.93 bits per heavy atom. The molecule has 1 aromatic carbocycles. The Labute approximate surface area is 83.9 Å². The zero-order chi connectivity index (χ0) is 9.80. The van der Waals surface area contributed by atoms with Crippen molar-refractivity contribution in [1.82, 2.24) is 0 Å². The number of benzene rings is 1. The summed E-state index contributed by atoms with van der Waals surface area (Å²) in [4.78, 5) is 5.09. The Hall–Kier alpha value is -1.57. The zero-order valence-corrected chi connectivity index (χ0v) is 8.07. The van der Waals surface area contributed by atoms with E-state index in [1.54, 1.807) is 0 Å². The second-order valence-corrected chi connectivity index (χ2v) is 3.27. The molecule has 0 unspecified atom stereocenters. The third-order valence-corrected chi connectivity index (χ3v) is 2.32. The van der Waals surface area contributed by atoms with Crippen LogP contribution < -0.4 is 0 Å². The van der Waals surface area contributed by atoms with Crippen LogP contribution >= 0.6 is 0 Å². The molecule has 0 saturated carbocycles. The summed E-state index contributed by atoms with van der Waals surface area (Å²) in [6.07, 6.45) is 3.89. The van der Waals surface area contributed by atoms with E-state index >= 15 is 0 Å². The average Bonchev–Trinajstić information content (AvgIpc) is 2.30. The van der Waals surface area contributed by atoms with Gasteiger partial charge in [0.1, 0.15) is 6.61 Å². The molecule has 2 nitrogen and oxygen atoms in total. The van der Waals surface area contributed by atoms with Crippen LogP contribution in [0.25, 0.3) is 6.08 Å². The molecule has 14 heavy (non-hydrogen) atoms. The Balaban J connectivity index is 2.39. The summed E-state index contributed by atoms with van der Waals surface area (Å²) in [7, 11) is 0. The molecular formula is C12H13NO. The fraction of sp³-hybridized carbons (Fsp3) is 0.250. The fourth-order valence-electron chi connectivity index (χ4n) is 1.60. The van der Waals surface area contributed by atoms with Crippen molar-refractivity contribution in [3.63, 3.8) is 0 Å². The van der Waals surface area contributed by atoms with Crippen LogP contribution in [-0.4, -0.2) is 12.3 Å². The third-order valence-electron chi connectivity index (χ3n) is 2.32. The topological polar surface area (TPSA) is 21.6 Å². The predicted octanol–water partition coefficient (Wildman–Crippen LogP) is 2.84. The van der Waals surface area contributed by atoms with Crippen molar-refractivity contribution >= 4 is 11.8 Å². The SMILES string of the molecule is C=Cc1ccccc1C1=NOCCC1. The maximum Gasteiger partial charge on any atom is 0.117 e. The highest BCUT2D eigenvalue weighted by Crippen LogP contribution is 2.16. The Kier molecular flexibility index (Phi) is 2.63. The van der Waals surface area contributed by atoms with Crippen LogP contribution in [0, 0.1) is 0 Å². The first-order chi connectivity index (χ1) is 6.92. The van der Waals surface area contributed by atoms with Gasteiger partial charge in [0.25, 0.3) is 0 Å². The molecular weight excluding hydrogens is 174 g/mol. The van der Waals surface area contributed by atoms with Crippen LogP contribution in [0.4, 0.5) is 0 Å². The second kappa shape index (κ2) is 4.09. The van der Waals surface area contributed by atoms with Crippen molar-refractivity contribution in [3.05, 3.63) is 42.0 Å². The van der Waals surface area contributed by atoms with Crippen LogP contribution in [-0.2, 0) is 4.84 Å². The monoisotopic (exact) mass is 187 g/mol. The van der Waals surface area contributed by atoms with E-state index in [-0.39, 0.29) is 0 Å². The highest BCUT2D eigenvalue weighted by atomic mass is 16.6. The lowest BCUT2D eigenvalue weighted by Gasteiger charge is -2.13. The number of hydrogen-bond donors (Lipinski definition) is 0. The van der Waals surface area contributed by atoms with E-state index in [2.05, 4.69) is 17.8 Å².